The first-order chi connectivity index (χ1) is 7.89. The zero-order chi connectivity index (χ0) is 12.3. The van der Waals surface area contributed by atoms with Gasteiger partial charge in [0, 0.05) is 6.61 Å². The molecule has 3 aliphatic rings. The number of hydrogen-bond acceptors (Lipinski definition) is 1. The van der Waals surface area contributed by atoms with Gasteiger partial charge in [0.2, 0.25) is 0 Å². The van der Waals surface area contributed by atoms with Crippen LogP contribution < -0.4 is 0 Å². The summed E-state index contributed by atoms with van der Waals surface area (Å²) >= 11 is 0. The van der Waals surface area contributed by atoms with Crippen molar-refractivity contribution < 1.29 is 4.74 Å². The molecule has 0 aromatic rings. The van der Waals surface area contributed by atoms with Crippen LogP contribution in [0.5, 0.6) is 0 Å². The van der Waals surface area contributed by atoms with Gasteiger partial charge < -0.3 is 4.74 Å². The molecule has 1 nitrogen and oxygen atoms in total. The Morgan fingerprint density at radius 3 is 2.41 bits per heavy atom. The van der Waals surface area contributed by atoms with Crippen molar-refractivity contribution >= 4 is 0 Å². The molecule has 0 aromatic carbocycles. The van der Waals surface area contributed by atoms with Crippen LogP contribution in [0.25, 0.3) is 0 Å². The lowest BCUT2D eigenvalue weighted by molar-refractivity contribution is -0.147. The van der Waals surface area contributed by atoms with E-state index in [2.05, 4.69) is 27.7 Å². The largest absolute Gasteiger partial charge is 0.375 e. The van der Waals surface area contributed by atoms with E-state index in [1.54, 1.807) is 0 Å². The molecule has 0 spiro atoms. The predicted octanol–water partition coefficient (Wildman–Crippen LogP) is 4.41. The van der Waals surface area contributed by atoms with Crippen molar-refractivity contribution in [2.45, 2.75) is 71.8 Å². The third-order valence-corrected chi connectivity index (χ3v) is 6.58. The molecule has 4 atom stereocenters. The van der Waals surface area contributed by atoms with Gasteiger partial charge in [0.05, 0.1) is 5.60 Å². The Morgan fingerprint density at radius 2 is 1.65 bits per heavy atom. The molecule has 1 aliphatic heterocycles. The third-order valence-electron chi connectivity index (χ3n) is 6.58. The first-order valence-corrected chi connectivity index (χ1v) is 7.52. The molecule has 0 amide bonds. The first kappa shape index (κ1) is 12.0. The van der Waals surface area contributed by atoms with Gasteiger partial charge in [-0.25, -0.2) is 0 Å². The lowest BCUT2D eigenvalue weighted by Crippen LogP contribution is -2.55. The second kappa shape index (κ2) is 3.50. The maximum Gasteiger partial charge on any atom is 0.0688 e. The van der Waals surface area contributed by atoms with Crippen LogP contribution in [0.2, 0.25) is 0 Å². The second-order valence-electron chi connectivity index (χ2n) is 7.94. The van der Waals surface area contributed by atoms with Gasteiger partial charge in [0.15, 0.2) is 0 Å². The van der Waals surface area contributed by atoms with E-state index in [1.165, 1.54) is 38.5 Å². The average molecular weight is 236 g/mol. The van der Waals surface area contributed by atoms with Gasteiger partial charge in [-0.15, -0.1) is 0 Å². The van der Waals surface area contributed by atoms with Gasteiger partial charge in [0.25, 0.3) is 0 Å². The minimum Gasteiger partial charge on any atom is -0.375 e. The maximum atomic E-state index is 6.13. The van der Waals surface area contributed by atoms with E-state index >= 15 is 0 Å². The maximum absolute atomic E-state index is 6.13. The molecule has 3 rings (SSSR count). The molecule has 1 heteroatoms. The molecule has 0 aromatic heterocycles. The Kier molecular flexibility index (Phi) is 2.47. The van der Waals surface area contributed by atoms with E-state index in [4.69, 9.17) is 4.74 Å². The highest BCUT2D eigenvalue weighted by atomic mass is 16.5. The monoisotopic (exact) mass is 236 g/mol. The molecular formula is C16H28O. The SMILES string of the molecule is CC1(C)CCC[C@]2(C)C3CCO[C@@]3(C)CC[C@@H]12. The highest BCUT2D eigenvalue weighted by Gasteiger charge is 2.60. The molecule has 1 heterocycles. The molecule has 1 unspecified atom stereocenters. The van der Waals surface area contributed by atoms with E-state index in [-0.39, 0.29) is 5.60 Å². The quantitative estimate of drug-likeness (QED) is 0.605. The Balaban J connectivity index is 1.98. The van der Waals surface area contributed by atoms with Crippen LogP contribution in [0, 0.1) is 22.7 Å². The molecule has 98 valence electrons. The van der Waals surface area contributed by atoms with Crippen molar-refractivity contribution in [3.63, 3.8) is 0 Å². The number of rotatable bonds is 0. The van der Waals surface area contributed by atoms with Gasteiger partial charge >= 0.3 is 0 Å². The predicted molar refractivity (Wildman–Crippen MR) is 70.9 cm³/mol. The summed E-state index contributed by atoms with van der Waals surface area (Å²) in [5, 5.41) is 0. The fraction of sp³-hybridized carbons (Fsp3) is 1.00. The Bertz CT molecular complexity index is 317. The van der Waals surface area contributed by atoms with Gasteiger partial charge in [0.1, 0.15) is 0 Å². The lowest BCUT2D eigenvalue weighted by Gasteiger charge is -2.60. The lowest BCUT2D eigenvalue weighted by atomic mass is 9.46. The number of fused-ring (bicyclic) bond motifs is 3. The molecule has 0 bridgehead atoms. The summed E-state index contributed by atoms with van der Waals surface area (Å²) < 4.78 is 6.13. The molecule has 2 aliphatic carbocycles. The van der Waals surface area contributed by atoms with E-state index in [9.17, 15) is 0 Å². The standard InChI is InChI=1S/C16H28O/c1-14(2)8-5-9-15(3)12(14)6-10-16(4)13(15)7-11-17-16/h12-13H,5-11H2,1-4H3/t12-,13?,15-,16-/m0/s1. The topological polar surface area (TPSA) is 9.23 Å². The molecule has 2 saturated carbocycles. The fourth-order valence-electron chi connectivity index (χ4n) is 5.82. The van der Waals surface area contributed by atoms with E-state index in [1.807, 2.05) is 0 Å². The summed E-state index contributed by atoms with van der Waals surface area (Å²) in [6.07, 6.45) is 8.27. The van der Waals surface area contributed by atoms with Crippen molar-refractivity contribution in [3.8, 4) is 0 Å². The number of hydrogen-bond donors (Lipinski definition) is 0. The van der Waals surface area contributed by atoms with Crippen LogP contribution in [0.4, 0.5) is 0 Å². The number of ether oxygens (including phenoxy) is 1. The Morgan fingerprint density at radius 1 is 0.882 bits per heavy atom. The fourth-order valence-corrected chi connectivity index (χ4v) is 5.82. The summed E-state index contributed by atoms with van der Waals surface area (Å²) in [6.45, 7) is 11.0. The molecule has 3 fully saturated rings. The summed E-state index contributed by atoms with van der Waals surface area (Å²) in [6, 6.07) is 0. The van der Waals surface area contributed by atoms with Crippen LogP contribution in [0.1, 0.15) is 66.2 Å². The highest BCUT2D eigenvalue weighted by Crippen LogP contribution is 2.64. The Hall–Kier alpha value is -0.0400. The zero-order valence-corrected chi connectivity index (χ0v) is 12.0. The van der Waals surface area contributed by atoms with Crippen molar-refractivity contribution in [1.82, 2.24) is 0 Å². The third kappa shape index (κ3) is 1.54. The van der Waals surface area contributed by atoms with E-state index < -0.39 is 0 Å². The normalized spacial score (nSPS) is 52.9. The Labute approximate surface area is 106 Å². The minimum absolute atomic E-state index is 0.207. The van der Waals surface area contributed by atoms with E-state index in [0.717, 1.165) is 18.4 Å². The van der Waals surface area contributed by atoms with Crippen LogP contribution in [0.15, 0.2) is 0 Å². The zero-order valence-electron chi connectivity index (χ0n) is 12.0. The van der Waals surface area contributed by atoms with Crippen LogP contribution in [-0.4, -0.2) is 12.2 Å². The minimum atomic E-state index is 0.207. The van der Waals surface area contributed by atoms with Crippen molar-refractivity contribution in [1.29, 1.82) is 0 Å². The van der Waals surface area contributed by atoms with Crippen molar-refractivity contribution in [2.24, 2.45) is 22.7 Å². The first-order valence-electron chi connectivity index (χ1n) is 7.52. The van der Waals surface area contributed by atoms with Gasteiger partial charge in [-0.2, -0.15) is 0 Å². The van der Waals surface area contributed by atoms with Crippen molar-refractivity contribution in [3.05, 3.63) is 0 Å². The summed E-state index contributed by atoms with van der Waals surface area (Å²) in [7, 11) is 0. The summed E-state index contributed by atoms with van der Waals surface area (Å²) in [5.74, 6) is 1.73. The van der Waals surface area contributed by atoms with Gasteiger partial charge in [-0.05, 0) is 61.7 Å². The van der Waals surface area contributed by atoms with Crippen molar-refractivity contribution in [2.75, 3.05) is 6.61 Å². The molecule has 17 heavy (non-hydrogen) atoms. The molecular weight excluding hydrogens is 208 g/mol. The average Bonchev–Trinajstić information content (AvgIpc) is 2.60. The van der Waals surface area contributed by atoms with Gasteiger partial charge in [-0.1, -0.05) is 27.2 Å². The van der Waals surface area contributed by atoms with Crippen LogP contribution in [-0.2, 0) is 4.74 Å². The van der Waals surface area contributed by atoms with Crippen LogP contribution >= 0.6 is 0 Å². The summed E-state index contributed by atoms with van der Waals surface area (Å²) in [5.41, 5.74) is 1.31. The van der Waals surface area contributed by atoms with Crippen LogP contribution in [0.3, 0.4) is 0 Å². The van der Waals surface area contributed by atoms with E-state index in [0.29, 0.717) is 10.8 Å². The second-order valence-corrected chi connectivity index (χ2v) is 7.94. The summed E-state index contributed by atoms with van der Waals surface area (Å²) in [4.78, 5) is 0. The smallest absolute Gasteiger partial charge is 0.0688 e. The molecule has 0 radical (unpaired) electrons. The highest BCUT2D eigenvalue weighted by molar-refractivity contribution is 5.09. The molecule has 0 N–H and O–H groups in total. The van der Waals surface area contributed by atoms with Gasteiger partial charge in [-0.3, -0.25) is 0 Å². The molecule has 1 saturated heterocycles.